The molecule has 174 valence electrons. The molecule has 2 atom stereocenters. The number of H-pyrrole nitrogens is 1. The predicted molar refractivity (Wildman–Crippen MR) is 127 cm³/mol. The number of fused-ring (bicyclic) bond motifs is 2. The molecule has 34 heavy (non-hydrogen) atoms. The Morgan fingerprint density at radius 3 is 3.00 bits per heavy atom. The largest absolute Gasteiger partial charge is 0.497 e. The van der Waals surface area contributed by atoms with Gasteiger partial charge in [-0.15, -0.1) is 5.10 Å². The topological polar surface area (TPSA) is 98.2 Å². The maximum Gasteiger partial charge on any atom is 0.254 e. The molecule has 0 radical (unpaired) electrons. The molecule has 0 spiro atoms. The fourth-order valence-electron chi connectivity index (χ4n) is 5.13. The van der Waals surface area contributed by atoms with Crippen molar-refractivity contribution in [1.82, 2.24) is 25.2 Å². The standard InChI is InChI=1S/C25H26N6O3/c1-33-18-8-9-21-17(13-18)14-20(25(32)26-21)23(30-11-10-16-5-2-3-7-22(16)30)24-27-28-29-31(24)15-19-6-4-12-34-19/h2-3,5,7-9,13-14,19,23H,4,6,10-12,15H2,1H3,(H,26,32)/t19-,23-/m1/s1. The summed E-state index contributed by atoms with van der Waals surface area (Å²) < 4.78 is 13.1. The second-order valence-corrected chi connectivity index (χ2v) is 8.84. The number of aromatic nitrogens is 5. The first kappa shape index (κ1) is 20.9. The van der Waals surface area contributed by atoms with E-state index in [1.165, 1.54) is 5.56 Å². The van der Waals surface area contributed by atoms with Crippen LogP contribution in [0.2, 0.25) is 0 Å². The van der Waals surface area contributed by atoms with Gasteiger partial charge in [0.15, 0.2) is 5.82 Å². The van der Waals surface area contributed by atoms with Crippen LogP contribution in [-0.2, 0) is 17.7 Å². The number of nitrogens with zero attached hydrogens (tertiary/aromatic N) is 5. The molecule has 2 aromatic carbocycles. The van der Waals surface area contributed by atoms with Crippen molar-refractivity contribution in [2.24, 2.45) is 0 Å². The number of methoxy groups -OCH3 is 1. The molecule has 4 heterocycles. The molecule has 0 saturated carbocycles. The van der Waals surface area contributed by atoms with E-state index in [4.69, 9.17) is 9.47 Å². The first-order valence-corrected chi connectivity index (χ1v) is 11.6. The van der Waals surface area contributed by atoms with Crippen LogP contribution < -0.4 is 15.2 Å². The van der Waals surface area contributed by atoms with Crippen LogP contribution in [0, 0.1) is 0 Å². The van der Waals surface area contributed by atoms with Gasteiger partial charge in [0, 0.05) is 35.3 Å². The number of para-hydroxylation sites is 1. The minimum absolute atomic E-state index is 0.0768. The number of hydrogen-bond acceptors (Lipinski definition) is 7. The van der Waals surface area contributed by atoms with Gasteiger partial charge in [-0.3, -0.25) is 4.79 Å². The molecule has 2 aliphatic rings. The molecule has 9 heteroatoms. The molecule has 1 fully saturated rings. The van der Waals surface area contributed by atoms with Crippen LogP contribution in [0.5, 0.6) is 5.75 Å². The van der Waals surface area contributed by atoms with Gasteiger partial charge in [-0.1, -0.05) is 18.2 Å². The maximum atomic E-state index is 13.4. The average Bonchev–Trinajstić information content (AvgIpc) is 3.62. The summed E-state index contributed by atoms with van der Waals surface area (Å²) in [5.41, 5.74) is 3.56. The smallest absolute Gasteiger partial charge is 0.254 e. The van der Waals surface area contributed by atoms with Gasteiger partial charge in [0.1, 0.15) is 11.8 Å². The van der Waals surface area contributed by atoms with Gasteiger partial charge in [0.05, 0.1) is 19.8 Å². The molecule has 6 rings (SSSR count). The Bertz CT molecular complexity index is 1390. The SMILES string of the molecule is COc1ccc2[nH]c(=O)c([C@H](c3nnnn3C[C@H]3CCCO3)N3CCc4ccccc43)cc2c1. The first-order chi connectivity index (χ1) is 16.7. The molecule has 0 aliphatic carbocycles. The van der Waals surface area contributed by atoms with E-state index in [0.717, 1.165) is 54.8 Å². The van der Waals surface area contributed by atoms with E-state index >= 15 is 0 Å². The van der Waals surface area contributed by atoms with Crippen molar-refractivity contribution in [3.8, 4) is 5.75 Å². The van der Waals surface area contributed by atoms with Crippen LogP contribution in [0.4, 0.5) is 5.69 Å². The molecular weight excluding hydrogens is 432 g/mol. The zero-order valence-electron chi connectivity index (χ0n) is 19.0. The molecule has 2 aromatic heterocycles. The number of benzene rings is 2. The van der Waals surface area contributed by atoms with Gasteiger partial charge in [-0.05, 0) is 65.6 Å². The summed E-state index contributed by atoms with van der Waals surface area (Å²) in [7, 11) is 1.64. The number of ether oxygens (including phenoxy) is 2. The van der Waals surface area contributed by atoms with Gasteiger partial charge in [-0.2, -0.15) is 0 Å². The van der Waals surface area contributed by atoms with Gasteiger partial charge in [0.25, 0.3) is 5.56 Å². The molecule has 1 saturated heterocycles. The zero-order chi connectivity index (χ0) is 23.1. The lowest BCUT2D eigenvalue weighted by Gasteiger charge is -2.29. The van der Waals surface area contributed by atoms with Crippen molar-refractivity contribution in [2.75, 3.05) is 25.2 Å². The summed E-state index contributed by atoms with van der Waals surface area (Å²) >= 11 is 0. The van der Waals surface area contributed by atoms with Crippen molar-refractivity contribution < 1.29 is 9.47 Å². The predicted octanol–water partition coefficient (Wildman–Crippen LogP) is 2.85. The van der Waals surface area contributed by atoms with Crippen molar-refractivity contribution in [3.05, 3.63) is 75.8 Å². The highest BCUT2D eigenvalue weighted by Crippen LogP contribution is 2.37. The van der Waals surface area contributed by atoms with E-state index in [2.05, 4.69) is 37.5 Å². The minimum atomic E-state index is -0.445. The number of rotatable bonds is 6. The molecule has 0 unspecified atom stereocenters. The molecule has 9 nitrogen and oxygen atoms in total. The Morgan fingerprint density at radius 2 is 2.15 bits per heavy atom. The van der Waals surface area contributed by atoms with Crippen molar-refractivity contribution in [1.29, 1.82) is 0 Å². The van der Waals surface area contributed by atoms with E-state index in [1.54, 1.807) is 11.8 Å². The Kier molecular flexibility index (Phi) is 5.26. The zero-order valence-corrected chi connectivity index (χ0v) is 19.0. The van der Waals surface area contributed by atoms with Crippen LogP contribution in [0.1, 0.15) is 35.8 Å². The summed E-state index contributed by atoms with van der Waals surface area (Å²) in [6.07, 6.45) is 3.00. The lowest BCUT2D eigenvalue weighted by molar-refractivity contribution is 0.0924. The molecule has 2 aliphatic heterocycles. The monoisotopic (exact) mass is 458 g/mol. The van der Waals surface area contributed by atoms with Crippen LogP contribution in [0.15, 0.2) is 53.3 Å². The molecular formula is C25H26N6O3. The first-order valence-electron chi connectivity index (χ1n) is 11.6. The Labute approximate surface area is 196 Å². The van der Waals surface area contributed by atoms with Gasteiger partial charge < -0.3 is 19.4 Å². The molecule has 0 amide bonds. The van der Waals surface area contributed by atoms with Crippen LogP contribution in [-0.4, -0.2) is 51.6 Å². The summed E-state index contributed by atoms with van der Waals surface area (Å²) in [6, 6.07) is 15.4. The quantitative estimate of drug-likeness (QED) is 0.474. The lowest BCUT2D eigenvalue weighted by atomic mass is 10.0. The van der Waals surface area contributed by atoms with E-state index in [0.29, 0.717) is 17.9 Å². The number of pyridine rings is 1. The summed E-state index contributed by atoms with van der Waals surface area (Å²) in [5.74, 6) is 1.37. The lowest BCUT2D eigenvalue weighted by Crippen LogP contribution is -2.35. The van der Waals surface area contributed by atoms with E-state index < -0.39 is 6.04 Å². The van der Waals surface area contributed by atoms with Crippen LogP contribution in [0.3, 0.4) is 0 Å². The van der Waals surface area contributed by atoms with Crippen LogP contribution >= 0.6 is 0 Å². The molecule has 0 bridgehead atoms. The highest BCUT2D eigenvalue weighted by atomic mass is 16.5. The number of anilines is 1. The highest BCUT2D eigenvalue weighted by molar-refractivity contribution is 5.81. The molecule has 4 aromatic rings. The minimum Gasteiger partial charge on any atom is -0.497 e. The second kappa shape index (κ2) is 8.57. The van der Waals surface area contributed by atoms with E-state index in [1.807, 2.05) is 36.4 Å². The van der Waals surface area contributed by atoms with E-state index in [9.17, 15) is 4.79 Å². The summed E-state index contributed by atoms with van der Waals surface area (Å²) in [5, 5.41) is 13.6. The average molecular weight is 459 g/mol. The fraction of sp³-hybridized carbons (Fsp3) is 0.360. The number of hydrogen-bond donors (Lipinski definition) is 1. The van der Waals surface area contributed by atoms with Gasteiger partial charge >= 0.3 is 0 Å². The Hall–Kier alpha value is -3.72. The Balaban J connectivity index is 1.51. The van der Waals surface area contributed by atoms with Crippen molar-refractivity contribution in [3.63, 3.8) is 0 Å². The third-order valence-electron chi connectivity index (χ3n) is 6.81. The third-order valence-corrected chi connectivity index (χ3v) is 6.81. The normalized spacial score (nSPS) is 18.4. The number of aromatic amines is 1. The van der Waals surface area contributed by atoms with Crippen LogP contribution in [0.25, 0.3) is 10.9 Å². The summed E-state index contributed by atoms with van der Waals surface area (Å²) in [4.78, 5) is 18.7. The highest BCUT2D eigenvalue weighted by Gasteiger charge is 2.35. The fourth-order valence-corrected chi connectivity index (χ4v) is 5.13. The number of nitrogens with one attached hydrogen (secondary N) is 1. The number of tetrazole rings is 1. The van der Waals surface area contributed by atoms with Gasteiger partial charge in [-0.25, -0.2) is 4.68 Å². The molecule has 1 N–H and O–H groups in total. The summed E-state index contributed by atoms with van der Waals surface area (Å²) in [6.45, 7) is 2.09. The van der Waals surface area contributed by atoms with Crippen molar-refractivity contribution >= 4 is 16.6 Å². The maximum absolute atomic E-state index is 13.4. The van der Waals surface area contributed by atoms with Gasteiger partial charge in [0.2, 0.25) is 0 Å². The van der Waals surface area contributed by atoms with E-state index in [-0.39, 0.29) is 11.7 Å². The third kappa shape index (κ3) is 3.62. The Morgan fingerprint density at radius 1 is 1.24 bits per heavy atom. The second-order valence-electron chi connectivity index (χ2n) is 8.84. The van der Waals surface area contributed by atoms with Crippen molar-refractivity contribution in [2.45, 2.75) is 38.0 Å².